The van der Waals surface area contributed by atoms with E-state index in [9.17, 15) is 5.11 Å². The van der Waals surface area contributed by atoms with Crippen LogP contribution in [0, 0.1) is 11.8 Å². The first-order valence-corrected chi connectivity index (χ1v) is 7.99. The smallest absolute Gasteiger partial charge is 0.0505 e. The summed E-state index contributed by atoms with van der Waals surface area (Å²) in [6.07, 6.45) is 9.48. The molecule has 1 heterocycles. The van der Waals surface area contributed by atoms with E-state index in [0.29, 0.717) is 12.5 Å². The van der Waals surface area contributed by atoms with Gasteiger partial charge in [-0.2, -0.15) is 0 Å². The molecule has 1 aliphatic carbocycles. The van der Waals surface area contributed by atoms with Gasteiger partial charge in [-0.25, -0.2) is 0 Å². The van der Waals surface area contributed by atoms with Crippen LogP contribution in [-0.4, -0.2) is 27.8 Å². The maximum absolute atomic E-state index is 9.34. The third-order valence-corrected chi connectivity index (χ3v) is 6.33. The second-order valence-electron chi connectivity index (χ2n) is 4.41. The molecule has 0 amide bonds. The lowest BCUT2D eigenvalue weighted by atomic mass is 9.82. The van der Waals surface area contributed by atoms with Crippen molar-refractivity contribution >= 4 is 23.5 Å². The molecule has 3 heteroatoms. The van der Waals surface area contributed by atoms with E-state index < -0.39 is 0 Å². The maximum Gasteiger partial charge on any atom is 0.0505 e. The molecule has 1 fully saturated rings. The molecule has 1 nitrogen and oxygen atoms in total. The predicted octanol–water partition coefficient (Wildman–Crippen LogP) is 3.15. The van der Waals surface area contributed by atoms with Gasteiger partial charge in [-0.05, 0) is 49.0 Å². The fourth-order valence-electron chi connectivity index (χ4n) is 2.36. The van der Waals surface area contributed by atoms with Gasteiger partial charge in [-0.3, -0.25) is 0 Å². The Bertz CT molecular complexity index is 212. The molecular weight excluding hydrogens is 224 g/mol. The quantitative estimate of drug-likeness (QED) is 0.770. The highest BCUT2D eigenvalue weighted by molar-refractivity contribution is 8.17. The second kappa shape index (κ2) is 6.21. The number of allylic oxidation sites excluding steroid dienone is 2. The van der Waals surface area contributed by atoms with Crippen molar-refractivity contribution in [3.05, 3.63) is 12.2 Å². The van der Waals surface area contributed by atoms with Crippen molar-refractivity contribution in [2.24, 2.45) is 11.8 Å². The summed E-state index contributed by atoms with van der Waals surface area (Å²) in [5.41, 5.74) is 0. The summed E-state index contributed by atoms with van der Waals surface area (Å²) < 4.78 is 0.796. The lowest BCUT2D eigenvalue weighted by molar-refractivity contribution is 0.168. The van der Waals surface area contributed by atoms with Crippen LogP contribution in [0.15, 0.2) is 12.2 Å². The maximum atomic E-state index is 9.34. The molecule has 2 aliphatic rings. The van der Waals surface area contributed by atoms with Crippen LogP contribution in [0.1, 0.15) is 25.7 Å². The Morgan fingerprint density at radius 3 is 2.40 bits per heavy atom. The van der Waals surface area contributed by atoms with E-state index in [2.05, 4.69) is 35.7 Å². The Hall–Kier alpha value is 0.400. The number of hydrogen-bond donors (Lipinski definition) is 1. The third-order valence-electron chi connectivity index (χ3n) is 3.34. The van der Waals surface area contributed by atoms with E-state index in [0.717, 1.165) is 16.9 Å². The summed E-state index contributed by atoms with van der Waals surface area (Å²) in [5.74, 6) is 3.93. The van der Waals surface area contributed by atoms with Crippen LogP contribution in [0.5, 0.6) is 0 Å². The van der Waals surface area contributed by atoms with E-state index in [4.69, 9.17) is 0 Å². The van der Waals surface area contributed by atoms with Gasteiger partial charge in [0, 0.05) is 6.61 Å². The minimum absolute atomic E-state index is 0.372. The van der Waals surface area contributed by atoms with Crippen LogP contribution in [0.4, 0.5) is 0 Å². The van der Waals surface area contributed by atoms with E-state index in [1.54, 1.807) is 0 Å². The average molecular weight is 244 g/mol. The minimum Gasteiger partial charge on any atom is -0.396 e. The SMILES string of the molecule is OC[C@H]1CC=CC[C@@H]1CC1SCCCS1. The standard InChI is InChI=1S/C12H20OS2/c13-9-11-5-2-1-4-10(11)8-12-14-6-3-7-15-12/h1-2,10-13H,3-9H2/t10-,11-/m1/s1. The minimum atomic E-state index is 0.372. The molecule has 0 spiro atoms. The molecule has 1 aliphatic heterocycles. The number of aliphatic hydroxyl groups is 1. The molecule has 0 saturated carbocycles. The van der Waals surface area contributed by atoms with Gasteiger partial charge in [-0.15, -0.1) is 23.5 Å². The number of hydrogen-bond acceptors (Lipinski definition) is 3. The molecule has 0 aromatic rings. The largest absolute Gasteiger partial charge is 0.396 e. The van der Waals surface area contributed by atoms with Gasteiger partial charge < -0.3 is 5.11 Å². The molecule has 1 saturated heterocycles. The summed E-state index contributed by atoms with van der Waals surface area (Å²) in [5, 5.41) is 9.34. The van der Waals surface area contributed by atoms with Crippen LogP contribution in [-0.2, 0) is 0 Å². The van der Waals surface area contributed by atoms with E-state index in [1.165, 1.54) is 30.8 Å². The van der Waals surface area contributed by atoms with E-state index in [1.807, 2.05) is 0 Å². The van der Waals surface area contributed by atoms with Gasteiger partial charge in [0.25, 0.3) is 0 Å². The lowest BCUT2D eigenvalue weighted by Gasteiger charge is -2.31. The fraction of sp³-hybridized carbons (Fsp3) is 0.833. The van der Waals surface area contributed by atoms with Crippen molar-refractivity contribution in [1.82, 2.24) is 0 Å². The van der Waals surface area contributed by atoms with Crippen molar-refractivity contribution in [1.29, 1.82) is 0 Å². The molecule has 15 heavy (non-hydrogen) atoms. The van der Waals surface area contributed by atoms with Crippen LogP contribution in [0.25, 0.3) is 0 Å². The van der Waals surface area contributed by atoms with Crippen LogP contribution >= 0.6 is 23.5 Å². The normalized spacial score (nSPS) is 33.1. The van der Waals surface area contributed by atoms with Crippen molar-refractivity contribution < 1.29 is 5.11 Å². The van der Waals surface area contributed by atoms with Crippen molar-refractivity contribution in [3.8, 4) is 0 Å². The molecule has 0 aromatic carbocycles. The number of thioether (sulfide) groups is 2. The third kappa shape index (κ3) is 3.43. The van der Waals surface area contributed by atoms with E-state index >= 15 is 0 Å². The molecule has 2 atom stereocenters. The summed E-state index contributed by atoms with van der Waals surface area (Å²) in [4.78, 5) is 0. The molecule has 0 unspecified atom stereocenters. The summed E-state index contributed by atoms with van der Waals surface area (Å²) >= 11 is 4.25. The first-order valence-electron chi connectivity index (χ1n) is 5.89. The average Bonchev–Trinajstić information content (AvgIpc) is 2.31. The Morgan fingerprint density at radius 1 is 1.07 bits per heavy atom. The van der Waals surface area contributed by atoms with Crippen molar-refractivity contribution in [3.63, 3.8) is 0 Å². The monoisotopic (exact) mass is 244 g/mol. The van der Waals surface area contributed by atoms with Crippen LogP contribution in [0.3, 0.4) is 0 Å². The van der Waals surface area contributed by atoms with Gasteiger partial charge in [-0.1, -0.05) is 12.2 Å². The van der Waals surface area contributed by atoms with Gasteiger partial charge in [0.15, 0.2) is 0 Å². The zero-order valence-electron chi connectivity index (χ0n) is 9.10. The predicted molar refractivity (Wildman–Crippen MR) is 70.4 cm³/mol. The van der Waals surface area contributed by atoms with Crippen molar-refractivity contribution in [2.75, 3.05) is 18.1 Å². The highest BCUT2D eigenvalue weighted by Crippen LogP contribution is 2.39. The van der Waals surface area contributed by atoms with Crippen molar-refractivity contribution in [2.45, 2.75) is 30.3 Å². The van der Waals surface area contributed by atoms with Gasteiger partial charge in [0.1, 0.15) is 0 Å². The molecule has 0 bridgehead atoms. The van der Waals surface area contributed by atoms with Gasteiger partial charge in [0.2, 0.25) is 0 Å². The zero-order valence-corrected chi connectivity index (χ0v) is 10.7. The highest BCUT2D eigenvalue weighted by atomic mass is 32.2. The molecule has 2 rings (SSSR count). The molecule has 86 valence electrons. The van der Waals surface area contributed by atoms with Gasteiger partial charge in [0.05, 0.1) is 4.58 Å². The number of rotatable bonds is 3. The molecule has 1 N–H and O–H groups in total. The summed E-state index contributed by atoms with van der Waals surface area (Å²) in [6.45, 7) is 0.372. The zero-order chi connectivity index (χ0) is 10.5. The first-order chi connectivity index (χ1) is 7.40. The first kappa shape index (κ1) is 11.9. The van der Waals surface area contributed by atoms with Crippen LogP contribution < -0.4 is 0 Å². The fourth-order valence-corrected chi connectivity index (χ4v) is 5.42. The summed E-state index contributed by atoms with van der Waals surface area (Å²) in [6, 6.07) is 0. The topological polar surface area (TPSA) is 20.2 Å². The Morgan fingerprint density at radius 2 is 1.73 bits per heavy atom. The van der Waals surface area contributed by atoms with E-state index in [-0.39, 0.29) is 0 Å². The Labute approximate surface area is 101 Å². The number of aliphatic hydroxyl groups excluding tert-OH is 1. The Balaban J connectivity index is 1.83. The second-order valence-corrected chi connectivity index (χ2v) is 7.33. The summed E-state index contributed by atoms with van der Waals surface area (Å²) in [7, 11) is 0. The lowest BCUT2D eigenvalue weighted by Crippen LogP contribution is -2.24. The molecule has 0 radical (unpaired) electrons. The molecular formula is C12H20OS2. The van der Waals surface area contributed by atoms with Crippen LogP contribution in [0.2, 0.25) is 0 Å². The highest BCUT2D eigenvalue weighted by Gasteiger charge is 2.26. The Kier molecular flexibility index (Phi) is 4.92. The molecule has 0 aromatic heterocycles. The van der Waals surface area contributed by atoms with Gasteiger partial charge >= 0.3 is 0 Å².